The van der Waals surface area contributed by atoms with E-state index in [9.17, 15) is 4.79 Å². The summed E-state index contributed by atoms with van der Waals surface area (Å²) in [6, 6.07) is 3.64. The molecule has 0 N–H and O–H groups in total. The van der Waals surface area contributed by atoms with Gasteiger partial charge in [0.15, 0.2) is 0 Å². The molecule has 22 heavy (non-hydrogen) atoms. The van der Waals surface area contributed by atoms with Crippen LogP contribution in [0, 0.1) is 20.8 Å². The van der Waals surface area contributed by atoms with Crippen molar-refractivity contribution >= 4 is 5.91 Å². The molecule has 2 aromatic heterocycles. The third-order valence-electron chi connectivity index (χ3n) is 3.74. The van der Waals surface area contributed by atoms with E-state index in [1.807, 2.05) is 13.0 Å². The van der Waals surface area contributed by atoms with Gasteiger partial charge >= 0.3 is 0 Å². The summed E-state index contributed by atoms with van der Waals surface area (Å²) in [7, 11) is 0. The number of likely N-dealkylation sites (tertiary alicyclic amines) is 1. The van der Waals surface area contributed by atoms with Gasteiger partial charge in [-0.1, -0.05) is 5.16 Å². The number of hydrogen-bond acceptors (Lipinski definition) is 6. The molecule has 116 valence electrons. The van der Waals surface area contributed by atoms with Crippen LogP contribution in [0.3, 0.4) is 0 Å². The Morgan fingerprint density at radius 3 is 2.77 bits per heavy atom. The highest BCUT2D eigenvalue weighted by atomic mass is 16.5. The number of aryl methyl sites for hydroxylation is 3. The van der Waals surface area contributed by atoms with Gasteiger partial charge in [-0.2, -0.15) is 5.10 Å². The van der Waals surface area contributed by atoms with Gasteiger partial charge in [0.2, 0.25) is 5.88 Å². The fourth-order valence-corrected chi connectivity index (χ4v) is 2.58. The average molecular weight is 302 g/mol. The van der Waals surface area contributed by atoms with E-state index in [1.54, 1.807) is 24.8 Å². The first kappa shape index (κ1) is 14.5. The molecule has 1 unspecified atom stereocenters. The van der Waals surface area contributed by atoms with Crippen molar-refractivity contribution in [2.75, 3.05) is 13.1 Å². The first-order valence-electron chi connectivity index (χ1n) is 7.23. The van der Waals surface area contributed by atoms with Gasteiger partial charge in [0, 0.05) is 19.0 Å². The smallest absolute Gasteiger partial charge is 0.259 e. The van der Waals surface area contributed by atoms with E-state index in [0.29, 0.717) is 36.0 Å². The van der Waals surface area contributed by atoms with Crippen LogP contribution in [0.5, 0.6) is 5.88 Å². The molecule has 1 amide bonds. The van der Waals surface area contributed by atoms with Crippen LogP contribution in [0.2, 0.25) is 0 Å². The van der Waals surface area contributed by atoms with Crippen LogP contribution in [0.4, 0.5) is 0 Å². The average Bonchev–Trinajstić information content (AvgIpc) is 3.08. The van der Waals surface area contributed by atoms with E-state index in [1.165, 1.54) is 0 Å². The zero-order chi connectivity index (χ0) is 15.7. The summed E-state index contributed by atoms with van der Waals surface area (Å²) in [5.74, 6) is 0.982. The van der Waals surface area contributed by atoms with Crippen LogP contribution >= 0.6 is 0 Å². The van der Waals surface area contributed by atoms with Crippen LogP contribution in [-0.2, 0) is 0 Å². The second-order valence-electron chi connectivity index (χ2n) is 5.49. The summed E-state index contributed by atoms with van der Waals surface area (Å²) >= 11 is 0. The molecule has 1 saturated heterocycles. The van der Waals surface area contributed by atoms with E-state index in [-0.39, 0.29) is 12.0 Å². The SMILES string of the molecule is Cc1ccc(OC2CCN(C(=O)c3c(C)noc3C)C2)nn1. The molecular weight excluding hydrogens is 284 g/mol. The summed E-state index contributed by atoms with van der Waals surface area (Å²) in [6.45, 7) is 6.57. The highest BCUT2D eigenvalue weighted by Crippen LogP contribution is 2.21. The van der Waals surface area contributed by atoms with Crippen molar-refractivity contribution in [3.05, 3.63) is 34.8 Å². The van der Waals surface area contributed by atoms with Gasteiger partial charge in [-0.3, -0.25) is 4.79 Å². The van der Waals surface area contributed by atoms with Crippen molar-refractivity contribution in [3.8, 4) is 5.88 Å². The second kappa shape index (κ2) is 5.75. The predicted molar refractivity (Wildman–Crippen MR) is 77.7 cm³/mol. The number of hydrogen-bond donors (Lipinski definition) is 0. The molecule has 3 rings (SSSR count). The van der Waals surface area contributed by atoms with E-state index < -0.39 is 0 Å². The van der Waals surface area contributed by atoms with Gasteiger partial charge in [0.05, 0.1) is 17.9 Å². The minimum Gasteiger partial charge on any atom is -0.471 e. The highest BCUT2D eigenvalue weighted by molar-refractivity contribution is 5.96. The lowest BCUT2D eigenvalue weighted by atomic mass is 10.2. The first-order chi connectivity index (χ1) is 10.5. The number of carbonyl (C=O) groups is 1. The van der Waals surface area contributed by atoms with Gasteiger partial charge in [0.25, 0.3) is 5.91 Å². The molecule has 0 spiro atoms. The molecule has 2 aromatic rings. The van der Waals surface area contributed by atoms with E-state index in [2.05, 4.69) is 15.4 Å². The van der Waals surface area contributed by atoms with Crippen molar-refractivity contribution in [2.24, 2.45) is 0 Å². The van der Waals surface area contributed by atoms with Crippen molar-refractivity contribution in [3.63, 3.8) is 0 Å². The molecule has 0 radical (unpaired) electrons. The second-order valence-corrected chi connectivity index (χ2v) is 5.49. The number of carbonyl (C=O) groups excluding carboxylic acids is 1. The maximum atomic E-state index is 12.5. The van der Waals surface area contributed by atoms with Crippen molar-refractivity contribution in [1.82, 2.24) is 20.3 Å². The standard InChI is InChI=1S/C15H18N4O3/c1-9-4-5-13(17-16-9)21-12-6-7-19(8-12)15(20)14-10(2)18-22-11(14)3/h4-5,12H,6-8H2,1-3H3. The third-order valence-corrected chi connectivity index (χ3v) is 3.74. The fourth-order valence-electron chi connectivity index (χ4n) is 2.58. The molecule has 0 saturated carbocycles. The summed E-state index contributed by atoms with van der Waals surface area (Å²) in [5, 5.41) is 11.8. The Kier molecular flexibility index (Phi) is 3.79. The minimum atomic E-state index is -0.0681. The molecule has 0 bridgehead atoms. The summed E-state index contributed by atoms with van der Waals surface area (Å²) in [4.78, 5) is 14.3. The summed E-state index contributed by atoms with van der Waals surface area (Å²) in [5.41, 5.74) is 2.01. The van der Waals surface area contributed by atoms with Crippen LogP contribution in [0.25, 0.3) is 0 Å². The predicted octanol–water partition coefficient (Wildman–Crippen LogP) is 1.68. The van der Waals surface area contributed by atoms with Crippen LogP contribution in [0.1, 0.15) is 33.9 Å². The van der Waals surface area contributed by atoms with Gasteiger partial charge in [-0.25, -0.2) is 0 Å². The largest absolute Gasteiger partial charge is 0.471 e. The lowest BCUT2D eigenvalue weighted by Gasteiger charge is -2.16. The molecule has 0 aromatic carbocycles. The molecule has 1 atom stereocenters. The summed E-state index contributed by atoms with van der Waals surface area (Å²) in [6.07, 6.45) is 0.700. The van der Waals surface area contributed by atoms with E-state index >= 15 is 0 Å². The minimum absolute atomic E-state index is 0.0580. The van der Waals surface area contributed by atoms with Gasteiger partial charge in [0.1, 0.15) is 17.4 Å². The molecule has 0 aliphatic carbocycles. The first-order valence-corrected chi connectivity index (χ1v) is 7.23. The number of amides is 1. The maximum absolute atomic E-state index is 12.5. The number of ether oxygens (including phenoxy) is 1. The lowest BCUT2D eigenvalue weighted by molar-refractivity contribution is 0.0768. The topological polar surface area (TPSA) is 81.4 Å². The number of aromatic nitrogens is 3. The molecule has 1 fully saturated rings. The van der Waals surface area contributed by atoms with Crippen LogP contribution in [0.15, 0.2) is 16.7 Å². The Morgan fingerprint density at radius 1 is 1.32 bits per heavy atom. The Balaban J connectivity index is 1.65. The maximum Gasteiger partial charge on any atom is 0.259 e. The van der Waals surface area contributed by atoms with Crippen molar-refractivity contribution < 1.29 is 14.1 Å². The van der Waals surface area contributed by atoms with Crippen LogP contribution in [-0.4, -0.2) is 45.4 Å². The van der Waals surface area contributed by atoms with Gasteiger partial charge in [-0.15, -0.1) is 5.10 Å². The quantitative estimate of drug-likeness (QED) is 0.858. The van der Waals surface area contributed by atoms with Gasteiger partial charge < -0.3 is 14.2 Å². The zero-order valence-electron chi connectivity index (χ0n) is 12.9. The summed E-state index contributed by atoms with van der Waals surface area (Å²) < 4.78 is 10.8. The molecule has 1 aliphatic rings. The van der Waals surface area contributed by atoms with E-state index in [4.69, 9.17) is 9.26 Å². The van der Waals surface area contributed by atoms with Gasteiger partial charge in [-0.05, 0) is 26.8 Å². The Labute approximate surface area is 128 Å². The Hall–Kier alpha value is -2.44. The Morgan fingerprint density at radius 2 is 2.14 bits per heavy atom. The molecule has 7 nitrogen and oxygen atoms in total. The fraction of sp³-hybridized carbons (Fsp3) is 0.467. The molecule has 1 aliphatic heterocycles. The monoisotopic (exact) mass is 302 g/mol. The lowest BCUT2D eigenvalue weighted by Crippen LogP contribution is -2.31. The highest BCUT2D eigenvalue weighted by Gasteiger charge is 2.31. The number of nitrogens with zero attached hydrogens (tertiary/aromatic N) is 4. The molecule has 7 heteroatoms. The zero-order valence-corrected chi connectivity index (χ0v) is 12.9. The normalized spacial score (nSPS) is 17.8. The van der Waals surface area contributed by atoms with Crippen molar-refractivity contribution in [2.45, 2.75) is 33.3 Å². The third kappa shape index (κ3) is 2.79. The Bertz CT molecular complexity index is 661. The van der Waals surface area contributed by atoms with Crippen molar-refractivity contribution in [1.29, 1.82) is 0 Å². The van der Waals surface area contributed by atoms with E-state index in [0.717, 1.165) is 12.1 Å². The molecule has 3 heterocycles. The molecular formula is C15H18N4O3. The number of rotatable bonds is 3. The van der Waals surface area contributed by atoms with Crippen LogP contribution < -0.4 is 4.74 Å².